The van der Waals surface area contributed by atoms with Crippen molar-refractivity contribution in [2.45, 2.75) is 0 Å². The summed E-state index contributed by atoms with van der Waals surface area (Å²) in [4.78, 5) is 12.2. The number of methoxy groups -OCH3 is 1. The number of hydrogen-bond donors (Lipinski definition) is 2. The molecule has 0 saturated carbocycles. The fraction of sp³-hybridized carbons (Fsp3) is 0.0500. The number of carbonyl (C=O) groups is 1. The molecule has 0 aromatic heterocycles. The van der Waals surface area contributed by atoms with Gasteiger partial charge in [0, 0.05) is 22.6 Å². The SMILES string of the molecule is COc1ccc(C(=O)Nc2ccc(Nc3ccc(F)cc3)cc2)cc1. The second kappa shape index (κ2) is 7.49. The Morgan fingerprint density at radius 3 is 1.88 bits per heavy atom. The maximum Gasteiger partial charge on any atom is 0.255 e. The van der Waals surface area contributed by atoms with E-state index in [4.69, 9.17) is 4.74 Å². The molecule has 3 aromatic rings. The molecule has 4 nitrogen and oxygen atoms in total. The molecule has 0 spiro atoms. The van der Waals surface area contributed by atoms with Crippen LogP contribution < -0.4 is 15.4 Å². The molecule has 0 atom stereocenters. The molecule has 0 aliphatic carbocycles. The standard InChI is InChI=1S/C20H17FN2O2/c1-25-19-12-2-14(3-13-19)20(24)23-18-10-8-17(9-11-18)22-16-6-4-15(21)5-7-16/h2-13,22H,1H3,(H,23,24). The third kappa shape index (κ3) is 4.35. The van der Waals surface area contributed by atoms with Gasteiger partial charge in [-0.2, -0.15) is 0 Å². The normalized spacial score (nSPS) is 10.2. The van der Waals surface area contributed by atoms with Gasteiger partial charge in [-0.15, -0.1) is 0 Å². The topological polar surface area (TPSA) is 50.4 Å². The number of nitrogens with one attached hydrogen (secondary N) is 2. The summed E-state index contributed by atoms with van der Waals surface area (Å²) in [7, 11) is 1.58. The van der Waals surface area contributed by atoms with Gasteiger partial charge in [0.1, 0.15) is 11.6 Å². The van der Waals surface area contributed by atoms with Crippen LogP contribution in [0.3, 0.4) is 0 Å². The van der Waals surface area contributed by atoms with Gasteiger partial charge in [-0.3, -0.25) is 4.79 Å². The first-order valence-corrected chi connectivity index (χ1v) is 7.72. The Morgan fingerprint density at radius 1 is 0.800 bits per heavy atom. The number of benzene rings is 3. The number of ether oxygens (including phenoxy) is 1. The highest BCUT2D eigenvalue weighted by molar-refractivity contribution is 6.04. The Morgan fingerprint density at radius 2 is 1.32 bits per heavy atom. The molecule has 0 radical (unpaired) electrons. The van der Waals surface area contributed by atoms with Crippen molar-refractivity contribution < 1.29 is 13.9 Å². The van der Waals surface area contributed by atoms with Gasteiger partial charge in [-0.1, -0.05) is 0 Å². The van der Waals surface area contributed by atoms with Gasteiger partial charge in [-0.25, -0.2) is 4.39 Å². The van der Waals surface area contributed by atoms with Crippen molar-refractivity contribution in [2.24, 2.45) is 0 Å². The Kier molecular flexibility index (Phi) is 4.95. The minimum atomic E-state index is -0.276. The van der Waals surface area contributed by atoms with E-state index in [9.17, 15) is 9.18 Å². The first-order valence-electron chi connectivity index (χ1n) is 7.72. The van der Waals surface area contributed by atoms with Crippen LogP contribution in [0.2, 0.25) is 0 Å². The summed E-state index contributed by atoms with van der Waals surface area (Å²) in [5, 5.41) is 6.00. The van der Waals surface area contributed by atoms with E-state index in [1.165, 1.54) is 12.1 Å². The van der Waals surface area contributed by atoms with Crippen LogP contribution in [0.15, 0.2) is 72.8 Å². The van der Waals surface area contributed by atoms with Crippen molar-refractivity contribution in [1.82, 2.24) is 0 Å². The van der Waals surface area contributed by atoms with Crippen LogP contribution in [0.1, 0.15) is 10.4 Å². The lowest BCUT2D eigenvalue weighted by Crippen LogP contribution is -2.11. The molecule has 25 heavy (non-hydrogen) atoms. The molecule has 1 amide bonds. The lowest BCUT2D eigenvalue weighted by Gasteiger charge is -2.09. The van der Waals surface area contributed by atoms with Crippen molar-refractivity contribution in [2.75, 3.05) is 17.7 Å². The van der Waals surface area contributed by atoms with Crippen molar-refractivity contribution in [3.8, 4) is 5.75 Å². The summed E-state index contributed by atoms with van der Waals surface area (Å²) in [5.74, 6) is 0.233. The Bertz CT molecular complexity index is 844. The lowest BCUT2D eigenvalue weighted by molar-refractivity contribution is 0.102. The average Bonchev–Trinajstić information content (AvgIpc) is 2.65. The predicted octanol–water partition coefficient (Wildman–Crippen LogP) is 4.83. The molecular formula is C20H17FN2O2. The second-order valence-electron chi connectivity index (χ2n) is 5.39. The van der Waals surface area contributed by atoms with Crippen LogP contribution >= 0.6 is 0 Å². The molecule has 0 saturated heterocycles. The molecule has 0 aliphatic rings. The first-order chi connectivity index (χ1) is 12.1. The Balaban J connectivity index is 1.63. The van der Waals surface area contributed by atoms with Gasteiger partial charge in [0.2, 0.25) is 0 Å². The van der Waals surface area contributed by atoms with Crippen LogP contribution in [0.4, 0.5) is 21.5 Å². The van der Waals surface area contributed by atoms with Gasteiger partial charge in [-0.05, 0) is 72.8 Å². The average molecular weight is 336 g/mol. The van der Waals surface area contributed by atoms with Gasteiger partial charge >= 0.3 is 0 Å². The zero-order chi connectivity index (χ0) is 17.6. The molecule has 126 valence electrons. The summed E-state index contributed by atoms with van der Waals surface area (Å²) in [6, 6.07) is 20.3. The lowest BCUT2D eigenvalue weighted by atomic mass is 10.2. The number of halogens is 1. The van der Waals surface area contributed by atoms with Gasteiger partial charge in [0.05, 0.1) is 7.11 Å². The number of carbonyl (C=O) groups excluding carboxylic acids is 1. The smallest absolute Gasteiger partial charge is 0.255 e. The van der Waals surface area contributed by atoms with E-state index in [1.54, 1.807) is 55.6 Å². The third-order valence-electron chi connectivity index (χ3n) is 3.63. The number of rotatable bonds is 5. The monoisotopic (exact) mass is 336 g/mol. The summed E-state index contributed by atoms with van der Waals surface area (Å²) < 4.78 is 18.0. The minimum Gasteiger partial charge on any atom is -0.497 e. The quantitative estimate of drug-likeness (QED) is 0.701. The molecule has 0 unspecified atom stereocenters. The molecule has 0 fully saturated rings. The predicted molar refractivity (Wildman–Crippen MR) is 97.1 cm³/mol. The maximum atomic E-state index is 12.9. The summed E-state index contributed by atoms with van der Waals surface area (Å²) >= 11 is 0. The molecular weight excluding hydrogens is 319 g/mol. The van der Waals surface area contributed by atoms with E-state index in [0.29, 0.717) is 17.0 Å². The summed E-state index contributed by atoms with van der Waals surface area (Å²) in [6.07, 6.45) is 0. The van der Waals surface area contributed by atoms with E-state index in [2.05, 4.69) is 10.6 Å². The van der Waals surface area contributed by atoms with Crippen LogP contribution in [0.25, 0.3) is 0 Å². The maximum absolute atomic E-state index is 12.9. The highest BCUT2D eigenvalue weighted by Crippen LogP contribution is 2.20. The van der Waals surface area contributed by atoms with Gasteiger partial charge in [0.15, 0.2) is 0 Å². The van der Waals surface area contributed by atoms with E-state index < -0.39 is 0 Å². The number of amides is 1. The van der Waals surface area contributed by atoms with Crippen molar-refractivity contribution >= 4 is 23.0 Å². The van der Waals surface area contributed by atoms with Crippen LogP contribution in [-0.4, -0.2) is 13.0 Å². The Labute approximate surface area is 145 Å². The molecule has 3 aromatic carbocycles. The number of hydrogen-bond acceptors (Lipinski definition) is 3. The van der Waals surface area contributed by atoms with Crippen molar-refractivity contribution in [3.05, 3.63) is 84.2 Å². The van der Waals surface area contributed by atoms with Crippen LogP contribution in [0.5, 0.6) is 5.75 Å². The van der Waals surface area contributed by atoms with Crippen molar-refractivity contribution in [3.63, 3.8) is 0 Å². The van der Waals surface area contributed by atoms with Gasteiger partial charge in [0.25, 0.3) is 5.91 Å². The molecule has 5 heteroatoms. The zero-order valence-electron chi connectivity index (χ0n) is 13.6. The van der Waals surface area contributed by atoms with Crippen molar-refractivity contribution in [1.29, 1.82) is 0 Å². The molecule has 3 rings (SSSR count). The summed E-state index contributed by atoms with van der Waals surface area (Å²) in [5.41, 5.74) is 2.87. The zero-order valence-corrected chi connectivity index (χ0v) is 13.6. The Hall–Kier alpha value is -3.34. The number of anilines is 3. The first kappa shape index (κ1) is 16.5. The molecule has 0 bridgehead atoms. The minimum absolute atomic E-state index is 0.193. The molecule has 0 heterocycles. The van der Waals surface area contributed by atoms with Crippen LogP contribution in [-0.2, 0) is 0 Å². The summed E-state index contributed by atoms with van der Waals surface area (Å²) in [6.45, 7) is 0. The molecule has 0 aliphatic heterocycles. The van der Waals surface area contributed by atoms with E-state index >= 15 is 0 Å². The van der Waals surface area contributed by atoms with E-state index in [0.717, 1.165) is 11.4 Å². The fourth-order valence-corrected chi connectivity index (χ4v) is 2.28. The van der Waals surface area contributed by atoms with E-state index in [-0.39, 0.29) is 11.7 Å². The second-order valence-corrected chi connectivity index (χ2v) is 5.39. The fourth-order valence-electron chi connectivity index (χ4n) is 2.28. The van der Waals surface area contributed by atoms with Gasteiger partial charge < -0.3 is 15.4 Å². The highest BCUT2D eigenvalue weighted by Gasteiger charge is 2.06. The third-order valence-corrected chi connectivity index (χ3v) is 3.63. The van der Waals surface area contributed by atoms with E-state index in [1.807, 2.05) is 12.1 Å². The highest BCUT2D eigenvalue weighted by atomic mass is 19.1. The van der Waals surface area contributed by atoms with Crippen LogP contribution in [0, 0.1) is 5.82 Å². The largest absolute Gasteiger partial charge is 0.497 e. The molecule has 2 N–H and O–H groups in total.